The molecule has 2 heterocycles. The van der Waals surface area contributed by atoms with E-state index in [0.29, 0.717) is 22.7 Å². The Kier molecular flexibility index (Phi) is 6.01. The van der Waals surface area contributed by atoms with Gasteiger partial charge in [0.1, 0.15) is 23.6 Å². The van der Waals surface area contributed by atoms with E-state index in [4.69, 9.17) is 9.26 Å². The molecule has 2 aliphatic rings. The molecular formula is C27H26N2O5. The van der Waals surface area contributed by atoms with Crippen molar-refractivity contribution in [2.24, 2.45) is 11.8 Å². The Morgan fingerprint density at radius 1 is 0.971 bits per heavy atom. The first kappa shape index (κ1) is 22.1. The van der Waals surface area contributed by atoms with Gasteiger partial charge in [0.15, 0.2) is 5.78 Å². The van der Waals surface area contributed by atoms with E-state index in [9.17, 15) is 14.4 Å². The maximum atomic E-state index is 13.6. The first-order valence-electron chi connectivity index (χ1n) is 11.6. The van der Waals surface area contributed by atoms with Gasteiger partial charge in [-0.3, -0.25) is 14.4 Å². The van der Waals surface area contributed by atoms with E-state index in [1.165, 1.54) is 6.26 Å². The van der Waals surface area contributed by atoms with Crippen LogP contribution in [-0.2, 0) is 9.59 Å². The lowest BCUT2D eigenvalue weighted by Crippen LogP contribution is -2.43. The molecule has 1 aliphatic carbocycles. The standard InChI is InChI=1S/C27H26N2O5/c1-33-21-13-9-19(10-14-21)25(30)23-24(18-5-3-2-4-6-18)29(27(32)26(23)31)20-11-7-17(8-12-20)22-15-16-34-28-22/h7-16,18,23-24H,2-6H2,1H3. The number of rotatable bonds is 6. The molecule has 0 radical (unpaired) electrons. The van der Waals surface area contributed by atoms with Crippen molar-refractivity contribution in [1.29, 1.82) is 0 Å². The predicted octanol–water partition coefficient (Wildman–Crippen LogP) is 4.71. The van der Waals surface area contributed by atoms with Crippen LogP contribution >= 0.6 is 0 Å². The average Bonchev–Trinajstić information content (AvgIpc) is 3.52. The number of carbonyl (C=O) groups is 3. The SMILES string of the molecule is COc1ccc(C(=O)C2C(=O)C(=O)N(c3ccc(-c4ccon4)cc3)C2C2CCCCC2)cc1. The Labute approximate surface area is 197 Å². The van der Waals surface area contributed by atoms with Gasteiger partial charge in [0.25, 0.3) is 5.91 Å². The van der Waals surface area contributed by atoms with Gasteiger partial charge in [-0.05, 0) is 55.2 Å². The van der Waals surface area contributed by atoms with Crippen LogP contribution in [0.2, 0.25) is 0 Å². The molecule has 1 aliphatic heterocycles. The summed E-state index contributed by atoms with van der Waals surface area (Å²) in [5.41, 5.74) is 2.56. The lowest BCUT2D eigenvalue weighted by molar-refractivity contribution is -0.135. The normalized spacial score (nSPS) is 21.1. The first-order chi connectivity index (χ1) is 16.6. The third-order valence-electron chi connectivity index (χ3n) is 7.02. The molecular weight excluding hydrogens is 432 g/mol. The maximum Gasteiger partial charge on any atom is 0.295 e. The lowest BCUT2D eigenvalue weighted by atomic mass is 9.76. The highest BCUT2D eigenvalue weighted by atomic mass is 16.5. The van der Waals surface area contributed by atoms with Gasteiger partial charge in [-0.25, -0.2) is 0 Å². The van der Waals surface area contributed by atoms with E-state index in [1.807, 2.05) is 24.3 Å². The summed E-state index contributed by atoms with van der Waals surface area (Å²) in [6, 6.07) is 15.3. The summed E-state index contributed by atoms with van der Waals surface area (Å²) in [4.78, 5) is 41.7. The Morgan fingerprint density at radius 2 is 1.68 bits per heavy atom. The predicted molar refractivity (Wildman–Crippen MR) is 126 cm³/mol. The molecule has 1 saturated heterocycles. The molecule has 0 spiro atoms. The number of Topliss-reactive ketones (excluding diaryl/α,β-unsaturated/α-hetero) is 2. The molecule has 5 rings (SSSR count). The van der Waals surface area contributed by atoms with Crippen LogP contribution in [0.5, 0.6) is 5.75 Å². The number of ketones is 2. The Hall–Kier alpha value is -3.74. The zero-order valence-electron chi connectivity index (χ0n) is 19.0. The van der Waals surface area contributed by atoms with Crippen LogP contribution in [0.25, 0.3) is 11.3 Å². The molecule has 34 heavy (non-hydrogen) atoms. The van der Waals surface area contributed by atoms with E-state index in [-0.39, 0.29) is 11.7 Å². The second kappa shape index (κ2) is 9.25. The number of carbonyl (C=O) groups excluding carboxylic acids is 3. The van der Waals surface area contributed by atoms with Gasteiger partial charge in [0.2, 0.25) is 5.78 Å². The molecule has 0 N–H and O–H groups in total. The fourth-order valence-corrected chi connectivity index (χ4v) is 5.30. The number of hydrogen-bond donors (Lipinski definition) is 0. The Bertz CT molecular complexity index is 1180. The molecule has 2 aromatic carbocycles. The molecule has 2 fully saturated rings. The fraction of sp³-hybridized carbons (Fsp3) is 0.333. The molecule has 2 atom stereocenters. The summed E-state index contributed by atoms with van der Waals surface area (Å²) in [6.45, 7) is 0. The van der Waals surface area contributed by atoms with Crippen LogP contribution in [-0.4, -0.2) is 35.8 Å². The minimum atomic E-state index is -1.01. The van der Waals surface area contributed by atoms with Crippen molar-refractivity contribution in [3.8, 4) is 17.0 Å². The van der Waals surface area contributed by atoms with Crippen molar-refractivity contribution in [3.63, 3.8) is 0 Å². The third-order valence-corrected chi connectivity index (χ3v) is 7.02. The molecule has 7 nitrogen and oxygen atoms in total. The van der Waals surface area contributed by atoms with Crippen molar-refractivity contribution < 1.29 is 23.6 Å². The number of ether oxygens (including phenoxy) is 1. The van der Waals surface area contributed by atoms with Gasteiger partial charge >= 0.3 is 0 Å². The number of amides is 1. The van der Waals surface area contributed by atoms with Crippen LogP contribution in [0, 0.1) is 11.8 Å². The lowest BCUT2D eigenvalue weighted by Gasteiger charge is -2.35. The molecule has 0 bridgehead atoms. The van der Waals surface area contributed by atoms with Crippen molar-refractivity contribution in [2.45, 2.75) is 38.1 Å². The first-order valence-corrected chi connectivity index (χ1v) is 11.6. The summed E-state index contributed by atoms with van der Waals surface area (Å²) in [7, 11) is 1.56. The molecule has 1 aromatic heterocycles. The highest BCUT2D eigenvalue weighted by Gasteiger charge is 2.54. The molecule has 7 heteroatoms. The highest BCUT2D eigenvalue weighted by molar-refractivity contribution is 6.49. The summed E-state index contributed by atoms with van der Waals surface area (Å²) in [5, 5.41) is 3.95. The minimum Gasteiger partial charge on any atom is -0.497 e. The van der Waals surface area contributed by atoms with Crippen LogP contribution in [0.3, 0.4) is 0 Å². The van der Waals surface area contributed by atoms with E-state index < -0.39 is 23.7 Å². The van der Waals surface area contributed by atoms with Gasteiger partial charge in [0.05, 0.1) is 13.2 Å². The average molecular weight is 459 g/mol. The maximum absolute atomic E-state index is 13.6. The van der Waals surface area contributed by atoms with Crippen molar-refractivity contribution in [1.82, 2.24) is 5.16 Å². The summed E-state index contributed by atoms with van der Waals surface area (Å²) in [5.74, 6) is -1.85. The molecule has 2 unspecified atom stereocenters. The number of methoxy groups -OCH3 is 1. The van der Waals surface area contributed by atoms with Gasteiger partial charge in [-0.1, -0.05) is 36.6 Å². The van der Waals surface area contributed by atoms with Gasteiger partial charge in [-0.2, -0.15) is 0 Å². The smallest absolute Gasteiger partial charge is 0.295 e. The second-order valence-corrected chi connectivity index (χ2v) is 8.93. The number of hydrogen-bond acceptors (Lipinski definition) is 6. The van der Waals surface area contributed by atoms with Crippen molar-refractivity contribution >= 4 is 23.2 Å². The molecule has 1 amide bonds. The second-order valence-electron chi connectivity index (χ2n) is 8.93. The van der Waals surface area contributed by atoms with E-state index in [1.54, 1.807) is 42.3 Å². The largest absolute Gasteiger partial charge is 0.497 e. The highest BCUT2D eigenvalue weighted by Crippen LogP contribution is 2.41. The van der Waals surface area contributed by atoms with Crippen molar-refractivity contribution in [3.05, 3.63) is 66.4 Å². The third kappa shape index (κ3) is 3.91. The summed E-state index contributed by atoms with van der Waals surface area (Å²) in [6.07, 6.45) is 6.49. The van der Waals surface area contributed by atoms with Gasteiger partial charge < -0.3 is 14.2 Å². The molecule has 1 saturated carbocycles. The summed E-state index contributed by atoms with van der Waals surface area (Å²) >= 11 is 0. The number of anilines is 1. The minimum absolute atomic E-state index is 0.0894. The number of nitrogens with zero attached hydrogens (tertiary/aromatic N) is 2. The van der Waals surface area contributed by atoms with E-state index in [2.05, 4.69) is 5.16 Å². The summed E-state index contributed by atoms with van der Waals surface area (Å²) < 4.78 is 10.1. The monoisotopic (exact) mass is 458 g/mol. The van der Waals surface area contributed by atoms with Crippen LogP contribution < -0.4 is 9.64 Å². The van der Waals surface area contributed by atoms with E-state index in [0.717, 1.165) is 37.7 Å². The fourth-order valence-electron chi connectivity index (χ4n) is 5.30. The number of benzene rings is 2. The van der Waals surface area contributed by atoms with Crippen LogP contribution in [0.15, 0.2) is 65.4 Å². The quantitative estimate of drug-likeness (QED) is 0.302. The molecule has 3 aromatic rings. The Morgan fingerprint density at radius 3 is 2.29 bits per heavy atom. The Balaban J connectivity index is 1.52. The topological polar surface area (TPSA) is 89.7 Å². The van der Waals surface area contributed by atoms with Crippen LogP contribution in [0.4, 0.5) is 5.69 Å². The zero-order valence-corrected chi connectivity index (χ0v) is 19.0. The zero-order chi connectivity index (χ0) is 23.7. The van der Waals surface area contributed by atoms with Crippen LogP contribution in [0.1, 0.15) is 42.5 Å². The van der Waals surface area contributed by atoms with Gasteiger partial charge in [-0.15, -0.1) is 0 Å². The number of aromatic nitrogens is 1. The van der Waals surface area contributed by atoms with E-state index >= 15 is 0 Å². The van der Waals surface area contributed by atoms with Gasteiger partial charge in [0, 0.05) is 22.9 Å². The molecule has 174 valence electrons. The van der Waals surface area contributed by atoms with Crippen molar-refractivity contribution in [2.75, 3.05) is 12.0 Å².